The molecule has 0 aliphatic heterocycles. The SMILES string of the molecule is CCc1nc(-c2ccc(Cl)o2)n[nH]1. The van der Waals surface area contributed by atoms with Gasteiger partial charge in [-0.1, -0.05) is 6.92 Å². The maximum Gasteiger partial charge on any atom is 0.216 e. The average molecular weight is 198 g/mol. The van der Waals surface area contributed by atoms with Crippen LogP contribution < -0.4 is 0 Å². The highest BCUT2D eigenvalue weighted by Crippen LogP contribution is 2.21. The van der Waals surface area contributed by atoms with Crippen molar-refractivity contribution >= 4 is 11.6 Å². The van der Waals surface area contributed by atoms with Crippen molar-refractivity contribution in [2.75, 3.05) is 0 Å². The van der Waals surface area contributed by atoms with Crippen LogP contribution >= 0.6 is 11.6 Å². The number of furan rings is 1. The molecule has 0 atom stereocenters. The van der Waals surface area contributed by atoms with E-state index in [1.807, 2.05) is 6.92 Å². The van der Waals surface area contributed by atoms with E-state index in [1.165, 1.54) is 0 Å². The molecule has 0 aliphatic rings. The first-order valence-electron chi connectivity index (χ1n) is 3.96. The molecule has 0 amide bonds. The van der Waals surface area contributed by atoms with Gasteiger partial charge in [0.15, 0.2) is 11.0 Å². The van der Waals surface area contributed by atoms with Crippen molar-refractivity contribution in [1.82, 2.24) is 15.2 Å². The lowest BCUT2D eigenvalue weighted by atomic mass is 10.4. The van der Waals surface area contributed by atoms with E-state index in [0.717, 1.165) is 12.2 Å². The molecule has 0 aromatic carbocycles. The number of rotatable bonds is 2. The molecular formula is C8H8ClN3O. The Balaban J connectivity index is 2.35. The molecule has 68 valence electrons. The Morgan fingerprint density at radius 2 is 2.38 bits per heavy atom. The van der Waals surface area contributed by atoms with Crippen molar-refractivity contribution in [3.63, 3.8) is 0 Å². The molecule has 0 bridgehead atoms. The van der Waals surface area contributed by atoms with Gasteiger partial charge in [-0.2, -0.15) is 5.10 Å². The van der Waals surface area contributed by atoms with Crippen LogP contribution in [0.3, 0.4) is 0 Å². The van der Waals surface area contributed by atoms with Crippen LogP contribution in [0.5, 0.6) is 0 Å². The molecule has 2 aromatic heterocycles. The third-order valence-corrected chi connectivity index (χ3v) is 1.86. The van der Waals surface area contributed by atoms with Crippen LogP contribution in [0.4, 0.5) is 0 Å². The van der Waals surface area contributed by atoms with Crippen LogP contribution in [-0.4, -0.2) is 15.2 Å². The molecule has 0 fully saturated rings. The Kier molecular flexibility index (Phi) is 2.06. The van der Waals surface area contributed by atoms with Gasteiger partial charge < -0.3 is 4.42 Å². The van der Waals surface area contributed by atoms with Gasteiger partial charge in [-0.3, -0.25) is 5.10 Å². The number of hydrogen-bond acceptors (Lipinski definition) is 3. The first-order chi connectivity index (χ1) is 6.29. The van der Waals surface area contributed by atoms with Gasteiger partial charge >= 0.3 is 0 Å². The highest BCUT2D eigenvalue weighted by atomic mass is 35.5. The lowest BCUT2D eigenvalue weighted by molar-refractivity contribution is 0.579. The van der Waals surface area contributed by atoms with Crippen molar-refractivity contribution in [3.8, 4) is 11.6 Å². The van der Waals surface area contributed by atoms with Gasteiger partial charge in [0, 0.05) is 6.42 Å². The monoisotopic (exact) mass is 197 g/mol. The number of aryl methyl sites for hydroxylation is 1. The minimum Gasteiger partial charge on any atom is -0.441 e. The number of halogens is 1. The molecule has 2 heterocycles. The number of H-pyrrole nitrogens is 1. The summed E-state index contributed by atoms with van der Waals surface area (Å²) < 4.78 is 5.15. The van der Waals surface area contributed by atoms with Gasteiger partial charge in [0.2, 0.25) is 5.82 Å². The summed E-state index contributed by atoms with van der Waals surface area (Å²) in [7, 11) is 0. The van der Waals surface area contributed by atoms with Crippen LogP contribution in [0.1, 0.15) is 12.7 Å². The van der Waals surface area contributed by atoms with E-state index in [2.05, 4.69) is 15.2 Å². The molecule has 0 saturated heterocycles. The smallest absolute Gasteiger partial charge is 0.216 e. The van der Waals surface area contributed by atoms with E-state index < -0.39 is 0 Å². The number of nitrogens with one attached hydrogen (secondary N) is 1. The molecule has 0 radical (unpaired) electrons. The summed E-state index contributed by atoms with van der Waals surface area (Å²) in [4.78, 5) is 4.19. The first kappa shape index (κ1) is 8.31. The third-order valence-electron chi connectivity index (χ3n) is 1.66. The van der Waals surface area contributed by atoms with Crippen molar-refractivity contribution in [2.45, 2.75) is 13.3 Å². The summed E-state index contributed by atoms with van der Waals surface area (Å²) in [5.74, 6) is 1.97. The zero-order chi connectivity index (χ0) is 9.26. The largest absolute Gasteiger partial charge is 0.441 e. The Labute approximate surface area is 79.9 Å². The number of nitrogens with zero attached hydrogens (tertiary/aromatic N) is 2. The number of aromatic amines is 1. The predicted octanol–water partition coefficient (Wildman–Crippen LogP) is 2.28. The van der Waals surface area contributed by atoms with Crippen molar-refractivity contribution in [2.24, 2.45) is 0 Å². The Hall–Kier alpha value is -1.29. The average Bonchev–Trinajstić information content (AvgIpc) is 2.71. The zero-order valence-corrected chi connectivity index (χ0v) is 7.80. The fraction of sp³-hybridized carbons (Fsp3) is 0.250. The molecule has 4 nitrogen and oxygen atoms in total. The summed E-state index contributed by atoms with van der Waals surface area (Å²) in [6, 6.07) is 3.41. The summed E-state index contributed by atoms with van der Waals surface area (Å²) in [6.45, 7) is 2.00. The highest BCUT2D eigenvalue weighted by Gasteiger charge is 2.08. The molecule has 2 rings (SSSR count). The number of hydrogen-bond donors (Lipinski definition) is 1. The van der Waals surface area contributed by atoms with Crippen molar-refractivity contribution in [3.05, 3.63) is 23.2 Å². The van der Waals surface area contributed by atoms with Crippen molar-refractivity contribution in [1.29, 1.82) is 0 Å². The molecule has 0 saturated carbocycles. The second-order valence-corrected chi connectivity index (χ2v) is 2.94. The second kappa shape index (κ2) is 3.22. The fourth-order valence-electron chi connectivity index (χ4n) is 0.998. The Morgan fingerprint density at radius 3 is 2.92 bits per heavy atom. The minimum atomic E-state index is 0.345. The highest BCUT2D eigenvalue weighted by molar-refractivity contribution is 6.28. The fourth-order valence-corrected chi connectivity index (χ4v) is 1.14. The van der Waals surface area contributed by atoms with E-state index in [4.69, 9.17) is 16.0 Å². The summed E-state index contributed by atoms with van der Waals surface area (Å²) in [5, 5.41) is 7.13. The first-order valence-corrected chi connectivity index (χ1v) is 4.34. The molecule has 0 unspecified atom stereocenters. The Morgan fingerprint density at radius 1 is 1.54 bits per heavy atom. The van der Waals surface area contributed by atoms with Gasteiger partial charge in [-0.25, -0.2) is 4.98 Å². The van der Waals surface area contributed by atoms with Gasteiger partial charge in [0.05, 0.1) is 0 Å². The molecule has 5 heteroatoms. The van der Waals surface area contributed by atoms with E-state index in [0.29, 0.717) is 16.8 Å². The summed E-state index contributed by atoms with van der Waals surface area (Å²) >= 11 is 5.62. The molecule has 1 N–H and O–H groups in total. The maximum atomic E-state index is 5.62. The molecule has 0 spiro atoms. The molecular weight excluding hydrogens is 190 g/mol. The van der Waals surface area contributed by atoms with E-state index in [9.17, 15) is 0 Å². The van der Waals surface area contributed by atoms with Crippen LogP contribution in [0.2, 0.25) is 5.22 Å². The van der Waals surface area contributed by atoms with Crippen LogP contribution in [0.15, 0.2) is 16.5 Å². The van der Waals surface area contributed by atoms with E-state index in [-0.39, 0.29) is 0 Å². The van der Waals surface area contributed by atoms with Crippen molar-refractivity contribution < 1.29 is 4.42 Å². The van der Waals surface area contributed by atoms with Gasteiger partial charge in [0.25, 0.3) is 0 Å². The molecule has 0 aliphatic carbocycles. The van der Waals surface area contributed by atoms with Crippen LogP contribution in [0.25, 0.3) is 11.6 Å². The Bertz CT molecular complexity index is 407. The van der Waals surface area contributed by atoms with Crippen LogP contribution in [-0.2, 0) is 6.42 Å². The minimum absolute atomic E-state index is 0.345. The number of aromatic nitrogens is 3. The normalized spacial score (nSPS) is 10.6. The van der Waals surface area contributed by atoms with Gasteiger partial charge in [-0.05, 0) is 23.7 Å². The van der Waals surface area contributed by atoms with E-state index in [1.54, 1.807) is 12.1 Å². The maximum absolute atomic E-state index is 5.62. The quantitative estimate of drug-likeness (QED) is 0.804. The topological polar surface area (TPSA) is 54.7 Å². The summed E-state index contributed by atoms with van der Waals surface area (Å²) in [5.41, 5.74) is 0. The predicted molar refractivity (Wildman–Crippen MR) is 48.5 cm³/mol. The second-order valence-electron chi connectivity index (χ2n) is 2.56. The zero-order valence-electron chi connectivity index (χ0n) is 7.04. The third kappa shape index (κ3) is 1.58. The summed E-state index contributed by atoms with van der Waals surface area (Å²) in [6.07, 6.45) is 0.821. The lowest BCUT2D eigenvalue weighted by Crippen LogP contribution is -1.81. The molecule has 2 aromatic rings. The van der Waals surface area contributed by atoms with Crippen LogP contribution in [0, 0.1) is 0 Å². The molecule has 13 heavy (non-hydrogen) atoms. The standard InChI is InChI=1S/C8H8ClN3O/c1-2-7-10-8(12-11-7)5-3-4-6(9)13-5/h3-4H,2H2,1H3,(H,10,11,12). The van der Waals surface area contributed by atoms with E-state index >= 15 is 0 Å². The van der Waals surface area contributed by atoms with Gasteiger partial charge in [0.1, 0.15) is 5.82 Å². The lowest BCUT2D eigenvalue weighted by Gasteiger charge is -1.84. The van der Waals surface area contributed by atoms with Gasteiger partial charge in [-0.15, -0.1) is 0 Å².